The number of aliphatic hydroxyl groups is 1. The molecule has 1 rings (SSSR count). The summed E-state index contributed by atoms with van der Waals surface area (Å²) in [6.45, 7) is 1.98. The van der Waals surface area contributed by atoms with Gasteiger partial charge in [0.25, 0.3) is 0 Å². The number of thiophene rings is 1. The number of hydrogen-bond donors (Lipinski definition) is 1. The molecule has 0 radical (unpaired) electrons. The predicted molar refractivity (Wildman–Crippen MR) is 48.8 cm³/mol. The minimum atomic E-state index is -0.636. The first-order chi connectivity index (χ1) is 5.74. The van der Waals surface area contributed by atoms with Crippen molar-refractivity contribution >= 4 is 11.3 Å². The molecule has 0 aliphatic rings. The first kappa shape index (κ1) is 8.98. The zero-order valence-corrected chi connectivity index (χ0v) is 7.51. The van der Waals surface area contributed by atoms with Crippen LogP contribution in [0.3, 0.4) is 0 Å². The topological polar surface area (TPSA) is 44.0 Å². The zero-order valence-electron chi connectivity index (χ0n) is 6.69. The normalized spacial score (nSPS) is 13.1. The van der Waals surface area contributed by atoms with E-state index in [-0.39, 0.29) is 0 Å². The van der Waals surface area contributed by atoms with Gasteiger partial charge in [-0.1, -0.05) is 0 Å². The Balaban J connectivity index is 2.72. The summed E-state index contributed by atoms with van der Waals surface area (Å²) in [5.74, 6) is 0. The fraction of sp³-hybridized carbons (Fsp3) is 0.222. The molecule has 0 bridgehead atoms. The third-order valence-electron chi connectivity index (χ3n) is 1.41. The van der Waals surface area contributed by atoms with Crippen LogP contribution < -0.4 is 0 Å². The van der Waals surface area contributed by atoms with Crippen LogP contribution in [0.15, 0.2) is 24.3 Å². The summed E-state index contributed by atoms with van der Waals surface area (Å²) >= 11 is 1.54. The van der Waals surface area contributed by atoms with Crippen molar-refractivity contribution in [2.45, 2.75) is 13.0 Å². The molecule has 62 valence electrons. The van der Waals surface area contributed by atoms with Gasteiger partial charge in [0.2, 0.25) is 0 Å². The van der Waals surface area contributed by atoms with E-state index in [9.17, 15) is 5.11 Å². The Labute approximate surface area is 75.4 Å². The Morgan fingerprint density at radius 1 is 1.67 bits per heavy atom. The molecule has 0 spiro atoms. The van der Waals surface area contributed by atoms with Crippen molar-refractivity contribution in [2.75, 3.05) is 0 Å². The molecule has 2 nitrogen and oxygen atoms in total. The summed E-state index contributed by atoms with van der Waals surface area (Å²) in [4.78, 5) is 2.04. The first-order valence-corrected chi connectivity index (χ1v) is 4.36. The van der Waals surface area contributed by atoms with E-state index >= 15 is 0 Å². The van der Waals surface area contributed by atoms with E-state index in [0.717, 1.165) is 9.75 Å². The molecule has 0 saturated carbocycles. The number of aliphatic hydroxyl groups excluding tert-OH is 1. The highest BCUT2D eigenvalue weighted by atomic mass is 32.1. The molecule has 1 unspecified atom stereocenters. The lowest BCUT2D eigenvalue weighted by Crippen LogP contribution is -1.87. The van der Waals surface area contributed by atoms with Crippen LogP contribution in [-0.2, 0) is 0 Å². The van der Waals surface area contributed by atoms with E-state index in [4.69, 9.17) is 5.26 Å². The van der Waals surface area contributed by atoms with Crippen LogP contribution in [0.1, 0.15) is 15.9 Å². The maximum atomic E-state index is 9.44. The number of allylic oxidation sites excluding steroid dienone is 1. The fourth-order valence-corrected chi connectivity index (χ4v) is 1.68. The van der Waals surface area contributed by atoms with Gasteiger partial charge in [-0.25, -0.2) is 0 Å². The lowest BCUT2D eigenvalue weighted by atomic mass is 10.3. The Morgan fingerprint density at radius 3 is 2.92 bits per heavy atom. The second-order valence-electron chi connectivity index (χ2n) is 2.38. The van der Waals surface area contributed by atoms with E-state index < -0.39 is 6.10 Å². The summed E-state index contributed by atoms with van der Waals surface area (Å²) < 4.78 is 0. The fourth-order valence-electron chi connectivity index (χ4n) is 0.841. The molecule has 0 fully saturated rings. The largest absolute Gasteiger partial charge is 0.383 e. The van der Waals surface area contributed by atoms with E-state index in [0.29, 0.717) is 0 Å². The van der Waals surface area contributed by atoms with Crippen LogP contribution in [0.5, 0.6) is 0 Å². The molecule has 1 aromatic heterocycles. The molecule has 12 heavy (non-hydrogen) atoms. The van der Waals surface area contributed by atoms with Gasteiger partial charge in [-0.3, -0.25) is 0 Å². The molecule has 0 aliphatic carbocycles. The summed E-state index contributed by atoms with van der Waals surface area (Å²) in [5.41, 5.74) is 0. The quantitative estimate of drug-likeness (QED) is 0.707. The van der Waals surface area contributed by atoms with Crippen LogP contribution in [0.2, 0.25) is 0 Å². The van der Waals surface area contributed by atoms with E-state index in [2.05, 4.69) is 0 Å². The Bertz CT molecular complexity index is 322. The molecule has 0 amide bonds. The number of aryl methyl sites for hydroxylation is 1. The predicted octanol–water partition coefficient (Wildman–Crippen LogP) is 2.17. The second-order valence-corrected chi connectivity index (χ2v) is 3.70. The van der Waals surface area contributed by atoms with Crippen molar-refractivity contribution in [3.8, 4) is 6.07 Å². The van der Waals surface area contributed by atoms with Gasteiger partial charge in [-0.05, 0) is 25.1 Å². The molecule has 3 heteroatoms. The van der Waals surface area contributed by atoms with Crippen molar-refractivity contribution in [1.29, 1.82) is 5.26 Å². The van der Waals surface area contributed by atoms with Crippen LogP contribution in [0.25, 0.3) is 0 Å². The molecule has 1 heterocycles. The summed E-state index contributed by atoms with van der Waals surface area (Å²) in [6, 6.07) is 5.65. The maximum absolute atomic E-state index is 9.44. The Hall–Kier alpha value is -1.11. The highest BCUT2D eigenvalue weighted by molar-refractivity contribution is 7.12. The van der Waals surface area contributed by atoms with Gasteiger partial charge < -0.3 is 5.11 Å². The number of hydrogen-bond acceptors (Lipinski definition) is 3. The molecular formula is C9H9NOS. The molecule has 1 aromatic rings. The average Bonchev–Trinajstić information content (AvgIpc) is 2.47. The maximum Gasteiger partial charge on any atom is 0.107 e. The highest BCUT2D eigenvalue weighted by Crippen LogP contribution is 2.23. The van der Waals surface area contributed by atoms with Gasteiger partial charge in [0.1, 0.15) is 6.10 Å². The minimum Gasteiger partial charge on any atom is -0.383 e. The van der Waals surface area contributed by atoms with Crippen LogP contribution in [0, 0.1) is 18.3 Å². The standard InChI is InChI=1S/C9H9NOS/c1-7-4-5-9(12-7)8(11)3-2-6-10/h2-5,8,11H,1H3/b3-2+. The molecule has 1 atom stereocenters. The monoisotopic (exact) mass is 179 g/mol. The van der Waals surface area contributed by atoms with Crippen molar-refractivity contribution < 1.29 is 5.11 Å². The number of rotatable bonds is 2. The van der Waals surface area contributed by atoms with E-state index in [1.165, 1.54) is 23.5 Å². The van der Waals surface area contributed by atoms with Gasteiger partial charge in [0.05, 0.1) is 6.07 Å². The van der Waals surface area contributed by atoms with Crippen molar-refractivity contribution in [1.82, 2.24) is 0 Å². The van der Waals surface area contributed by atoms with Crippen molar-refractivity contribution in [3.05, 3.63) is 34.0 Å². The van der Waals surface area contributed by atoms with Gasteiger partial charge >= 0.3 is 0 Å². The third kappa shape index (κ3) is 2.19. The molecule has 0 saturated heterocycles. The van der Waals surface area contributed by atoms with Crippen molar-refractivity contribution in [3.63, 3.8) is 0 Å². The summed E-state index contributed by atoms with van der Waals surface area (Å²) in [5, 5.41) is 17.7. The SMILES string of the molecule is Cc1ccc(C(O)/C=C/C#N)s1. The Morgan fingerprint density at radius 2 is 2.42 bits per heavy atom. The van der Waals surface area contributed by atoms with Crippen LogP contribution in [0.4, 0.5) is 0 Å². The average molecular weight is 179 g/mol. The highest BCUT2D eigenvalue weighted by Gasteiger charge is 2.04. The molecule has 1 N–H and O–H groups in total. The Kier molecular flexibility index (Phi) is 3.03. The van der Waals surface area contributed by atoms with Gasteiger partial charge in [0, 0.05) is 15.8 Å². The summed E-state index contributed by atoms with van der Waals surface area (Å²) in [7, 11) is 0. The number of nitrogens with zero attached hydrogens (tertiary/aromatic N) is 1. The molecule has 0 aliphatic heterocycles. The van der Waals surface area contributed by atoms with E-state index in [1.54, 1.807) is 0 Å². The first-order valence-electron chi connectivity index (χ1n) is 3.54. The zero-order chi connectivity index (χ0) is 8.97. The van der Waals surface area contributed by atoms with Crippen molar-refractivity contribution in [2.24, 2.45) is 0 Å². The van der Waals surface area contributed by atoms with Crippen LogP contribution >= 0.6 is 11.3 Å². The van der Waals surface area contributed by atoms with Crippen LogP contribution in [-0.4, -0.2) is 5.11 Å². The lowest BCUT2D eigenvalue weighted by Gasteiger charge is -1.98. The third-order valence-corrected chi connectivity index (χ3v) is 2.48. The summed E-state index contributed by atoms with van der Waals surface area (Å²) in [6.07, 6.45) is 2.13. The van der Waals surface area contributed by atoms with Gasteiger partial charge in [0.15, 0.2) is 0 Å². The number of nitriles is 1. The van der Waals surface area contributed by atoms with Gasteiger partial charge in [-0.15, -0.1) is 11.3 Å². The smallest absolute Gasteiger partial charge is 0.107 e. The minimum absolute atomic E-state index is 0.636. The molecule has 0 aromatic carbocycles. The molecular weight excluding hydrogens is 170 g/mol. The lowest BCUT2D eigenvalue weighted by molar-refractivity contribution is 0.232. The second kappa shape index (κ2) is 4.05. The van der Waals surface area contributed by atoms with Gasteiger partial charge in [-0.2, -0.15) is 5.26 Å². The van der Waals surface area contributed by atoms with E-state index in [1.807, 2.05) is 25.1 Å².